The minimum Gasteiger partial charge on any atom is -0.152 e. The van der Waals surface area contributed by atoms with E-state index >= 15 is 0 Å². The van der Waals surface area contributed by atoms with E-state index < -0.39 is 19.8 Å². The van der Waals surface area contributed by atoms with Crippen LogP contribution in [0.1, 0.15) is 59.3 Å². The molecule has 1 aromatic rings. The summed E-state index contributed by atoms with van der Waals surface area (Å²) in [6, 6.07) is 4.04. The fourth-order valence-corrected chi connectivity index (χ4v) is 11.8. The van der Waals surface area contributed by atoms with Crippen molar-refractivity contribution >= 4 is 31.1 Å². The van der Waals surface area contributed by atoms with Crippen molar-refractivity contribution in [2.45, 2.75) is 72.6 Å². The van der Waals surface area contributed by atoms with Crippen LogP contribution in [-0.4, -0.2) is 19.8 Å². The minimum absolute atomic E-state index is 0.839. The van der Waals surface area contributed by atoms with Crippen LogP contribution in [0.4, 0.5) is 0 Å². The third-order valence-electron chi connectivity index (χ3n) is 3.08. The molecule has 1 radical (unpaired) electrons. The summed E-state index contributed by atoms with van der Waals surface area (Å²) >= 11 is 0.874. The average Bonchev–Trinajstić information content (AvgIpc) is 2.97. The van der Waals surface area contributed by atoms with Gasteiger partial charge in [0.05, 0.1) is 0 Å². The Bertz CT molecular complexity index is 185. The van der Waals surface area contributed by atoms with Gasteiger partial charge in [-0.05, 0) is 10.8 Å². The van der Waals surface area contributed by atoms with E-state index in [-0.39, 0.29) is 0 Å². The molecule has 0 aliphatic carbocycles. The second kappa shape index (κ2) is 15.6. The van der Waals surface area contributed by atoms with Gasteiger partial charge in [-0.1, -0.05) is 12.1 Å². The molecule has 0 spiro atoms. The van der Waals surface area contributed by atoms with Crippen LogP contribution in [-0.2, 0) is 0 Å². The largest absolute Gasteiger partial charge is 0.152 e. The van der Waals surface area contributed by atoms with E-state index in [0.717, 1.165) is 0 Å². The van der Waals surface area contributed by atoms with Crippen LogP contribution < -0.4 is 0 Å². The number of hydrogen-bond donors (Lipinski definition) is 0. The van der Waals surface area contributed by atoms with Gasteiger partial charge in [-0.3, -0.25) is 0 Å². The Labute approximate surface area is 126 Å². The first kappa shape index (κ1) is 18.5. The van der Waals surface area contributed by atoms with Crippen molar-refractivity contribution < 1.29 is 0 Å². The second-order valence-electron chi connectivity index (χ2n) is 4.85. The van der Waals surface area contributed by atoms with Crippen molar-refractivity contribution in [1.82, 2.24) is 0 Å². The van der Waals surface area contributed by atoms with Crippen molar-refractivity contribution in [1.29, 1.82) is 0 Å². The zero-order valence-electron chi connectivity index (χ0n) is 12.6. The number of unbranched alkanes of at least 4 members (excludes halogenated alkanes) is 3. The summed E-state index contributed by atoms with van der Waals surface area (Å²) in [5.74, 6) is 0. The Kier molecular flexibility index (Phi) is 16.0. The summed E-state index contributed by atoms with van der Waals surface area (Å²) < 4.78 is 5.04. The van der Waals surface area contributed by atoms with Crippen molar-refractivity contribution in [2.24, 2.45) is 0 Å². The van der Waals surface area contributed by atoms with E-state index in [1.54, 1.807) is 24.6 Å². The molecule has 18 heavy (non-hydrogen) atoms. The van der Waals surface area contributed by atoms with Gasteiger partial charge < -0.3 is 0 Å². The molecule has 0 bridgehead atoms. The molecule has 0 unspecified atom stereocenters. The molecule has 1 rings (SSSR count). The average molecular weight is 374 g/mol. The molecule has 0 aliphatic rings. The van der Waals surface area contributed by atoms with Gasteiger partial charge in [0.1, 0.15) is 0 Å². The third-order valence-corrected chi connectivity index (χ3v) is 12.8. The molecule has 0 atom stereocenters. The first-order chi connectivity index (χ1) is 8.85. The molecular weight excluding hydrogens is 343 g/mol. The SMILES string of the molecule is CCC[CH2][Sn]([CH2]CCC)[CH2]CCC.c1ccsc1. The van der Waals surface area contributed by atoms with E-state index in [2.05, 4.69) is 20.8 Å². The van der Waals surface area contributed by atoms with Crippen molar-refractivity contribution in [2.75, 3.05) is 0 Å². The first-order valence-corrected chi connectivity index (χ1v) is 14.7. The van der Waals surface area contributed by atoms with Crippen LogP contribution in [0.2, 0.25) is 13.3 Å². The van der Waals surface area contributed by atoms with Crippen LogP contribution in [0, 0.1) is 0 Å². The summed E-state index contributed by atoms with van der Waals surface area (Å²) in [5, 5.41) is 4.08. The van der Waals surface area contributed by atoms with Gasteiger partial charge in [0.2, 0.25) is 0 Å². The van der Waals surface area contributed by atoms with E-state index in [4.69, 9.17) is 0 Å². The zero-order chi connectivity index (χ0) is 13.5. The van der Waals surface area contributed by atoms with Gasteiger partial charge in [0.15, 0.2) is 0 Å². The fourth-order valence-electron chi connectivity index (χ4n) is 1.88. The Hall–Kier alpha value is 0.499. The molecule has 0 fully saturated rings. The number of rotatable bonds is 9. The molecular formula is C16H31SSn. The van der Waals surface area contributed by atoms with Gasteiger partial charge in [-0.2, -0.15) is 11.3 Å². The topological polar surface area (TPSA) is 0 Å². The maximum atomic E-state index is 2.33. The van der Waals surface area contributed by atoms with Crippen LogP contribution in [0.25, 0.3) is 0 Å². The molecule has 0 aromatic carbocycles. The standard InChI is InChI=1S/C4H4S.3C4H9.Sn/c1-2-4-5-3-1;3*1-3-4-2;/h1-4H;3*1,3-4H2,2H3;. The van der Waals surface area contributed by atoms with Crippen LogP contribution in [0.3, 0.4) is 0 Å². The maximum Gasteiger partial charge on any atom is -0.00934 e. The molecule has 0 amide bonds. The molecule has 2 heteroatoms. The molecule has 0 saturated carbocycles. The van der Waals surface area contributed by atoms with Gasteiger partial charge in [-0.15, -0.1) is 0 Å². The minimum atomic E-state index is -0.839. The fraction of sp³-hybridized carbons (Fsp3) is 0.750. The van der Waals surface area contributed by atoms with E-state index in [1.165, 1.54) is 38.5 Å². The smallest absolute Gasteiger partial charge is 0.00934 e. The van der Waals surface area contributed by atoms with Crippen LogP contribution in [0.15, 0.2) is 22.9 Å². The van der Waals surface area contributed by atoms with Crippen LogP contribution >= 0.6 is 11.3 Å². The van der Waals surface area contributed by atoms with Crippen molar-refractivity contribution in [3.05, 3.63) is 22.9 Å². The monoisotopic (exact) mass is 375 g/mol. The van der Waals surface area contributed by atoms with Gasteiger partial charge >= 0.3 is 92.4 Å². The molecule has 0 nitrogen and oxygen atoms in total. The van der Waals surface area contributed by atoms with Gasteiger partial charge in [-0.25, -0.2) is 0 Å². The first-order valence-electron chi connectivity index (χ1n) is 7.65. The molecule has 1 aromatic heterocycles. The summed E-state index contributed by atoms with van der Waals surface area (Å²) in [6.45, 7) is 7.00. The van der Waals surface area contributed by atoms with Gasteiger partial charge in [0, 0.05) is 0 Å². The molecule has 105 valence electrons. The predicted molar refractivity (Wildman–Crippen MR) is 89.2 cm³/mol. The summed E-state index contributed by atoms with van der Waals surface area (Å²) in [4.78, 5) is 0. The Morgan fingerprint density at radius 2 is 1.11 bits per heavy atom. The Balaban J connectivity index is 0.000000473. The van der Waals surface area contributed by atoms with Crippen LogP contribution in [0.5, 0.6) is 0 Å². The molecule has 0 aliphatic heterocycles. The molecule has 0 N–H and O–H groups in total. The summed E-state index contributed by atoms with van der Waals surface area (Å²) in [6.07, 6.45) is 8.85. The summed E-state index contributed by atoms with van der Waals surface area (Å²) in [7, 11) is 0. The molecule has 0 saturated heterocycles. The Morgan fingerprint density at radius 3 is 1.33 bits per heavy atom. The predicted octanol–water partition coefficient (Wildman–Crippen LogP) is 6.63. The quantitative estimate of drug-likeness (QED) is 0.426. The van der Waals surface area contributed by atoms with E-state index in [9.17, 15) is 0 Å². The summed E-state index contributed by atoms with van der Waals surface area (Å²) in [5.41, 5.74) is 0. The third kappa shape index (κ3) is 12.9. The van der Waals surface area contributed by atoms with E-state index in [1.807, 2.05) is 22.9 Å². The number of thiophene rings is 1. The Morgan fingerprint density at radius 1 is 0.722 bits per heavy atom. The van der Waals surface area contributed by atoms with Crippen molar-refractivity contribution in [3.63, 3.8) is 0 Å². The zero-order valence-corrected chi connectivity index (χ0v) is 16.3. The normalized spacial score (nSPS) is 10.2. The van der Waals surface area contributed by atoms with Gasteiger partial charge in [0.25, 0.3) is 0 Å². The second-order valence-corrected chi connectivity index (χ2v) is 14.2. The molecule has 1 heterocycles. The maximum absolute atomic E-state index is 2.33. The number of hydrogen-bond acceptors (Lipinski definition) is 1. The van der Waals surface area contributed by atoms with E-state index in [0.29, 0.717) is 0 Å². The van der Waals surface area contributed by atoms with Crippen molar-refractivity contribution in [3.8, 4) is 0 Å².